The highest BCUT2D eigenvalue weighted by atomic mass is 32.3. The van der Waals surface area contributed by atoms with Gasteiger partial charge in [0.25, 0.3) is 0 Å². The summed E-state index contributed by atoms with van der Waals surface area (Å²) in [5, 5.41) is 3.46. The average molecular weight is 302 g/mol. The number of fused-ring (bicyclic) bond motifs is 1. The summed E-state index contributed by atoms with van der Waals surface area (Å²) in [7, 11) is -4.67. The standard InChI is InChI=1S/C11H16N4.H2O4S/c12-11(13)14-6-5-9-7-8-3-1-2-4-10(8)15-9;1-5(2,3)4/h1-4,9,15H,5-7H2,(H4,12,13,14);(H2,1,2,3,4). The Morgan fingerprint density at radius 1 is 1.35 bits per heavy atom. The molecule has 1 unspecified atom stereocenters. The zero-order chi connectivity index (χ0) is 15.2. The first-order valence-corrected chi connectivity index (χ1v) is 7.25. The van der Waals surface area contributed by atoms with Crippen molar-refractivity contribution in [1.29, 1.82) is 0 Å². The van der Waals surface area contributed by atoms with E-state index in [4.69, 9.17) is 29.0 Å². The van der Waals surface area contributed by atoms with Crippen LogP contribution in [0.15, 0.2) is 29.3 Å². The molecule has 8 nitrogen and oxygen atoms in total. The van der Waals surface area contributed by atoms with Crippen molar-refractivity contribution in [1.82, 2.24) is 0 Å². The van der Waals surface area contributed by atoms with Crippen LogP contribution in [0, 0.1) is 0 Å². The Balaban J connectivity index is 0.000000347. The van der Waals surface area contributed by atoms with E-state index < -0.39 is 10.4 Å². The number of anilines is 1. The van der Waals surface area contributed by atoms with Crippen molar-refractivity contribution < 1.29 is 17.5 Å². The molecule has 0 fully saturated rings. The van der Waals surface area contributed by atoms with Gasteiger partial charge in [0.15, 0.2) is 5.96 Å². The van der Waals surface area contributed by atoms with E-state index in [0.717, 1.165) is 12.8 Å². The first kappa shape index (κ1) is 16.2. The number of guanidine groups is 1. The lowest BCUT2D eigenvalue weighted by atomic mass is 10.1. The van der Waals surface area contributed by atoms with E-state index in [0.29, 0.717) is 12.6 Å². The molecule has 1 aromatic rings. The van der Waals surface area contributed by atoms with Crippen molar-refractivity contribution >= 4 is 22.0 Å². The molecule has 0 saturated heterocycles. The van der Waals surface area contributed by atoms with Gasteiger partial charge in [-0.05, 0) is 24.5 Å². The smallest absolute Gasteiger partial charge is 0.382 e. The monoisotopic (exact) mass is 302 g/mol. The van der Waals surface area contributed by atoms with Crippen LogP contribution < -0.4 is 16.8 Å². The molecule has 112 valence electrons. The van der Waals surface area contributed by atoms with Crippen molar-refractivity contribution in [2.24, 2.45) is 16.5 Å². The number of benzene rings is 1. The van der Waals surface area contributed by atoms with E-state index in [1.807, 2.05) is 6.07 Å². The number of nitrogens with one attached hydrogen (secondary N) is 1. The van der Waals surface area contributed by atoms with Crippen LogP contribution in [0.25, 0.3) is 0 Å². The number of hydrogen-bond acceptors (Lipinski definition) is 4. The second-order valence-electron chi connectivity index (χ2n) is 4.25. The first-order valence-electron chi connectivity index (χ1n) is 5.85. The minimum absolute atomic E-state index is 0.172. The molecule has 2 rings (SSSR count). The van der Waals surface area contributed by atoms with Crippen LogP contribution in [0.4, 0.5) is 5.69 Å². The molecule has 0 spiro atoms. The molecule has 0 saturated carbocycles. The fraction of sp³-hybridized carbons (Fsp3) is 0.364. The van der Waals surface area contributed by atoms with Gasteiger partial charge in [0, 0.05) is 18.3 Å². The molecular formula is C11H18N4O4S. The van der Waals surface area contributed by atoms with E-state index in [1.54, 1.807) is 0 Å². The van der Waals surface area contributed by atoms with E-state index in [2.05, 4.69) is 28.5 Å². The number of rotatable bonds is 3. The molecule has 0 aliphatic carbocycles. The lowest BCUT2D eigenvalue weighted by Crippen LogP contribution is -2.24. The molecule has 1 heterocycles. The van der Waals surface area contributed by atoms with Crippen molar-refractivity contribution in [3.63, 3.8) is 0 Å². The molecule has 7 N–H and O–H groups in total. The maximum atomic E-state index is 8.74. The molecule has 0 aromatic heterocycles. The molecule has 20 heavy (non-hydrogen) atoms. The van der Waals surface area contributed by atoms with Gasteiger partial charge in [-0.25, -0.2) is 0 Å². The van der Waals surface area contributed by atoms with Crippen LogP contribution in [0.2, 0.25) is 0 Å². The Labute approximate surface area is 117 Å². The Morgan fingerprint density at radius 2 is 1.95 bits per heavy atom. The van der Waals surface area contributed by atoms with Gasteiger partial charge in [-0.3, -0.25) is 14.1 Å². The zero-order valence-electron chi connectivity index (χ0n) is 10.7. The Hall–Kier alpha value is -1.84. The van der Waals surface area contributed by atoms with E-state index >= 15 is 0 Å². The predicted octanol–water partition coefficient (Wildman–Crippen LogP) is 0.0339. The highest BCUT2D eigenvalue weighted by molar-refractivity contribution is 7.79. The molecule has 1 atom stereocenters. The zero-order valence-corrected chi connectivity index (χ0v) is 11.5. The van der Waals surface area contributed by atoms with Gasteiger partial charge >= 0.3 is 10.4 Å². The van der Waals surface area contributed by atoms with E-state index in [9.17, 15) is 0 Å². The summed E-state index contributed by atoms with van der Waals surface area (Å²) in [6, 6.07) is 8.84. The van der Waals surface area contributed by atoms with Crippen LogP contribution in [0.1, 0.15) is 12.0 Å². The van der Waals surface area contributed by atoms with Crippen LogP contribution in [0.5, 0.6) is 0 Å². The summed E-state index contributed by atoms with van der Waals surface area (Å²) in [6.07, 6.45) is 2.03. The highest BCUT2D eigenvalue weighted by Gasteiger charge is 2.18. The normalized spacial score (nSPS) is 16.4. The Bertz CT molecular complexity index is 537. The third-order valence-corrected chi connectivity index (χ3v) is 2.62. The van der Waals surface area contributed by atoms with Crippen molar-refractivity contribution in [3.05, 3.63) is 29.8 Å². The molecule has 1 aliphatic heterocycles. The maximum absolute atomic E-state index is 8.74. The first-order chi connectivity index (χ1) is 9.25. The SMILES string of the molecule is NC(N)=NCCC1Cc2ccccc2N1.O=S(=O)(O)O. The molecule has 0 amide bonds. The fourth-order valence-electron chi connectivity index (χ4n) is 1.90. The van der Waals surface area contributed by atoms with Crippen LogP contribution >= 0.6 is 0 Å². The summed E-state index contributed by atoms with van der Waals surface area (Å²) in [4.78, 5) is 3.98. The van der Waals surface area contributed by atoms with Gasteiger partial charge in [0.2, 0.25) is 0 Å². The van der Waals surface area contributed by atoms with Crippen LogP contribution in [-0.4, -0.2) is 36.1 Å². The van der Waals surface area contributed by atoms with Gasteiger partial charge in [-0.15, -0.1) is 0 Å². The maximum Gasteiger partial charge on any atom is 0.394 e. The van der Waals surface area contributed by atoms with E-state index in [-0.39, 0.29) is 5.96 Å². The van der Waals surface area contributed by atoms with Crippen molar-refractivity contribution in [3.8, 4) is 0 Å². The van der Waals surface area contributed by atoms with Gasteiger partial charge in [0.05, 0.1) is 0 Å². The van der Waals surface area contributed by atoms with Gasteiger partial charge in [-0.2, -0.15) is 8.42 Å². The third-order valence-electron chi connectivity index (χ3n) is 2.62. The molecule has 0 bridgehead atoms. The highest BCUT2D eigenvalue weighted by Crippen LogP contribution is 2.26. The number of nitrogens with two attached hydrogens (primary N) is 2. The lowest BCUT2D eigenvalue weighted by Gasteiger charge is -2.08. The van der Waals surface area contributed by atoms with Crippen molar-refractivity contribution in [2.75, 3.05) is 11.9 Å². The Morgan fingerprint density at radius 3 is 2.50 bits per heavy atom. The van der Waals surface area contributed by atoms with Crippen LogP contribution in [0.3, 0.4) is 0 Å². The number of hydrogen-bond donors (Lipinski definition) is 5. The topological polar surface area (TPSA) is 151 Å². The van der Waals surface area contributed by atoms with Gasteiger partial charge in [-0.1, -0.05) is 18.2 Å². The molecule has 9 heteroatoms. The molecule has 1 aromatic carbocycles. The van der Waals surface area contributed by atoms with Gasteiger partial charge in [0.1, 0.15) is 0 Å². The molecule has 0 radical (unpaired) electrons. The predicted molar refractivity (Wildman–Crippen MR) is 77.0 cm³/mol. The summed E-state index contributed by atoms with van der Waals surface area (Å²) in [5.41, 5.74) is 13.2. The molecular weight excluding hydrogens is 284 g/mol. The minimum atomic E-state index is -4.67. The van der Waals surface area contributed by atoms with Crippen molar-refractivity contribution in [2.45, 2.75) is 18.9 Å². The summed E-state index contributed by atoms with van der Waals surface area (Å²) >= 11 is 0. The lowest BCUT2D eigenvalue weighted by molar-refractivity contribution is 0.381. The number of aliphatic imine (C=N–C) groups is 1. The molecule has 1 aliphatic rings. The number of nitrogens with zero attached hydrogens (tertiary/aromatic N) is 1. The summed E-state index contributed by atoms with van der Waals surface area (Å²) in [6.45, 7) is 0.688. The van der Waals surface area contributed by atoms with Crippen LogP contribution in [-0.2, 0) is 16.8 Å². The summed E-state index contributed by atoms with van der Waals surface area (Å²) < 4.78 is 31.6. The largest absolute Gasteiger partial charge is 0.394 e. The minimum Gasteiger partial charge on any atom is -0.382 e. The van der Waals surface area contributed by atoms with E-state index in [1.165, 1.54) is 11.3 Å². The quantitative estimate of drug-likeness (QED) is 0.300. The fourth-order valence-corrected chi connectivity index (χ4v) is 1.90. The average Bonchev–Trinajstić information content (AvgIpc) is 2.68. The third kappa shape index (κ3) is 6.92. The number of para-hydroxylation sites is 1. The summed E-state index contributed by atoms with van der Waals surface area (Å²) in [5.74, 6) is 0.172. The van der Waals surface area contributed by atoms with Gasteiger partial charge < -0.3 is 16.8 Å². The Kier molecular flexibility index (Phi) is 5.74. The second-order valence-corrected chi connectivity index (χ2v) is 5.14. The second kappa shape index (κ2) is 7.08.